The van der Waals surface area contributed by atoms with Crippen molar-refractivity contribution < 1.29 is 17.6 Å². The molecule has 11 heteroatoms. The van der Waals surface area contributed by atoms with Crippen molar-refractivity contribution in [3.05, 3.63) is 89.9 Å². The molecule has 1 N–H and O–H groups in total. The number of rotatable bonds is 6. The quantitative estimate of drug-likeness (QED) is 0.410. The van der Waals surface area contributed by atoms with E-state index in [1.807, 2.05) is 29.1 Å². The zero-order valence-electron chi connectivity index (χ0n) is 17.2. The minimum Gasteiger partial charge on any atom is -0.439 e. The molecule has 33 heavy (non-hydrogen) atoms. The smallest absolute Gasteiger partial charge is 0.419 e. The van der Waals surface area contributed by atoms with Crippen LogP contribution in [0.5, 0.6) is 11.6 Å². The van der Waals surface area contributed by atoms with Crippen molar-refractivity contribution >= 4 is 26.8 Å². The maximum Gasteiger partial charge on any atom is 0.419 e. The highest BCUT2D eigenvalue weighted by Crippen LogP contribution is 2.25. The number of hydrogen-bond donors (Lipinski definition) is 1. The summed E-state index contributed by atoms with van der Waals surface area (Å²) in [6.45, 7) is 0. The number of sulfonamides is 1. The fourth-order valence-corrected chi connectivity index (χ4v) is 4.29. The minimum absolute atomic E-state index is 0.00486. The summed E-state index contributed by atoms with van der Waals surface area (Å²) in [5, 5.41) is 0. The normalized spacial score (nSPS) is 11.5. The van der Waals surface area contributed by atoms with E-state index in [1.54, 1.807) is 30.3 Å². The van der Waals surface area contributed by atoms with Gasteiger partial charge in [0.05, 0.1) is 10.4 Å². The minimum atomic E-state index is -3.89. The Balaban J connectivity index is 1.33. The fraction of sp³-hybridized carbons (Fsp3) is 0.0455. The number of oxazole rings is 1. The van der Waals surface area contributed by atoms with Gasteiger partial charge in [0.15, 0.2) is 5.58 Å². The predicted octanol–water partition coefficient (Wildman–Crippen LogP) is 3.31. The molecule has 0 fully saturated rings. The molecule has 166 valence electrons. The standard InChI is InChI=1S/C22H17N5O5S/c1-26-18-12-17(8-9-19(18)32-22(26)28)33(29,30)25-15-4-6-16(7-5-15)31-21-13-20(23-14-24-21)27-10-2-3-11-27/h2-14,25H,1H3. The lowest BCUT2D eigenvalue weighted by atomic mass is 10.3. The number of benzene rings is 2. The molecular formula is C22H17N5O5S. The Morgan fingerprint density at radius 3 is 2.52 bits per heavy atom. The van der Waals surface area contributed by atoms with Gasteiger partial charge in [-0.25, -0.2) is 23.2 Å². The van der Waals surface area contributed by atoms with Gasteiger partial charge in [-0.05, 0) is 54.6 Å². The monoisotopic (exact) mass is 463 g/mol. The lowest BCUT2D eigenvalue weighted by Crippen LogP contribution is -2.13. The lowest BCUT2D eigenvalue weighted by Gasteiger charge is -2.10. The first-order valence-electron chi connectivity index (χ1n) is 9.75. The maximum atomic E-state index is 12.8. The topological polar surface area (TPSA) is 121 Å². The van der Waals surface area contributed by atoms with E-state index in [2.05, 4.69) is 14.7 Å². The van der Waals surface area contributed by atoms with E-state index in [0.29, 0.717) is 34.2 Å². The number of hydrogen-bond acceptors (Lipinski definition) is 7. The number of nitrogens with zero attached hydrogens (tertiary/aromatic N) is 4. The van der Waals surface area contributed by atoms with Crippen molar-refractivity contribution in [3.8, 4) is 17.4 Å². The van der Waals surface area contributed by atoms with Crippen LogP contribution in [0.15, 0.2) is 93.5 Å². The number of anilines is 1. The van der Waals surface area contributed by atoms with Gasteiger partial charge in [-0.15, -0.1) is 0 Å². The first-order chi connectivity index (χ1) is 15.9. The highest BCUT2D eigenvalue weighted by molar-refractivity contribution is 7.92. The summed E-state index contributed by atoms with van der Waals surface area (Å²) in [6.07, 6.45) is 5.12. The van der Waals surface area contributed by atoms with Gasteiger partial charge in [0.1, 0.15) is 17.9 Å². The molecule has 0 radical (unpaired) electrons. The number of fused-ring (bicyclic) bond motifs is 1. The second-order valence-corrected chi connectivity index (χ2v) is 8.78. The number of aryl methyl sites for hydroxylation is 1. The predicted molar refractivity (Wildman–Crippen MR) is 120 cm³/mol. The molecule has 0 aliphatic heterocycles. The zero-order chi connectivity index (χ0) is 23.0. The van der Waals surface area contributed by atoms with Crippen LogP contribution in [0.4, 0.5) is 5.69 Å². The Bertz CT molecular complexity index is 1600. The highest BCUT2D eigenvalue weighted by atomic mass is 32.2. The molecule has 0 amide bonds. The summed E-state index contributed by atoms with van der Waals surface area (Å²) in [7, 11) is -2.38. The van der Waals surface area contributed by atoms with E-state index in [-0.39, 0.29) is 4.90 Å². The first-order valence-corrected chi connectivity index (χ1v) is 11.2. The molecular weight excluding hydrogens is 446 g/mol. The summed E-state index contributed by atoms with van der Waals surface area (Å²) in [6, 6.07) is 16.1. The van der Waals surface area contributed by atoms with Gasteiger partial charge in [-0.1, -0.05) is 0 Å². The molecule has 5 rings (SSSR count). The average Bonchev–Trinajstić information content (AvgIpc) is 3.44. The molecule has 5 aromatic rings. The van der Waals surface area contributed by atoms with Gasteiger partial charge in [0.2, 0.25) is 5.88 Å². The molecule has 3 heterocycles. The Hall–Kier alpha value is -4.38. The highest BCUT2D eigenvalue weighted by Gasteiger charge is 2.17. The number of nitrogens with one attached hydrogen (secondary N) is 1. The van der Waals surface area contributed by atoms with Crippen molar-refractivity contribution in [2.75, 3.05) is 4.72 Å². The van der Waals surface area contributed by atoms with E-state index in [0.717, 1.165) is 0 Å². The molecule has 0 saturated heterocycles. The van der Waals surface area contributed by atoms with Crippen LogP contribution in [0.3, 0.4) is 0 Å². The fourth-order valence-electron chi connectivity index (χ4n) is 3.21. The maximum absolute atomic E-state index is 12.8. The van der Waals surface area contributed by atoms with E-state index >= 15 is 0 Å². The lowest BCUT2D eigenvalue weighted by molar-refractivity contribution is 0.461. The van der Waals surface area contributed by atoms with E-state index < -0.39 is 15.8 Å². The SMILES string of the molecule is Cn1c(=O)oc2ccc(S(=O)(=O)Nc3ccc(Oc4cc(-n5cccc5)ncn4)cc3)cc21. The average molecular weight is 463 g/mol. The zero-order valence-corrected chi connectivity index (χ0v) is 18.1. The summed E-state index contributed by atoms with van der Waals surface area (Å²) in [4.78, 5) is 20.0. The van der Waals surface area contributed by atoms with E-state index in [4.69, 9.17) is 9.15 Å². The molecule has 0 atom stereocenters. The van der Waals surface area contributed by atoms with Crippen molar-refractivity contribution in [3.63, 3.8) is 0 Å². The second kappa shape index (κ2) is 7.95. The van der Waals surface area contributed by atoms with Crippen molar-refractivity contribution in [2.45, 2.75) is 4.90 Å². The molecule has 0 saturated carbocycles. The van der Waals surface area contributed by atoms with Crippen LogP contribution in [-0.2, 0) is 17.1 Å². The van der Waals surface area contributed by atoms with Crippen LogP contribution in [0, 0.1) is 0 Å². The third-order valence-electron chi connectivity index (χ3n) is 4.90. The molecule has 0 bridgehead atoms. The van der Waals surface area contributed by atoms with Crippen LogP contribution in [-0.4, -0.2) is 27.5 Å². The molecule has 10 nitrogen and oxygen atoms in total. The molecule has 2 aromatic carbocycles. The molecule has 0 aliphatic rings. The Kier molecular flexibility index (Phi) is 4.94. The van der Waals surface area contributed by atoms with Crippen LogP contribution < -0.4 is 15.2 Å². The Morgan fingerprint density at radius 1 is 1.00 bits per heavy atom. The second-order valence-electron chi connectivity index (χ2n) is 7.09. The van der Waals surface area contributed by atoms with Crippen molar-refractivity contribution in [1.82, 2.24) is 19.1 Å². The van der Waals surface area contributed by atoms with Gasteiger partial charge in [-0.3, -0.25) is 9.29 Å². The van der Waals surface area contributed by atoms with Gasteiger partial charge < -0.3 is 13.7 Å². The van der Waals surface area contributed by atoms with Gasteiger partial charge >= 0.3 is 5.76 Å². The third-order valence-corrected chi connectivity index (χ3v) is 6.28. The Labute approximate surface area is 187 Å². The third kappa shape index (κ3) is 4.08. The van der Waals surface area contributed by atoms with Gasteiger partial charge in [-0.2, -0.15) is 0 Å². The summed E-state index contributed by atoms with van der Waals surface area (Å²) < 4.78 is 42.0. The molecule has 0 unspecified atom stereocenters. The first kappa shape index (κ1) is 20.5. The van der Waals surface area contributed by atoms with E-state index in [9.17, 15) is 13.2 Å². The molecule has 3 aromatic heterocycles. The largest absolute Gasteiger partial charge is 0.439 e. The Morgan fingerprint density at radius 2 is 1.76 bits per heavy atom. The van der Waals surface area contributed by atoms with Crippen LogP contribution in [0.2, 0.25) is 0 Å². The van der Waals surface area contributed by atoms with Gasteiger partial charge in [0, 0.05) is 31.2 Å². The summed E-state index contributed by atoms with van der Waals surface area (Å²) in [5.41, 5.74) is 1.04. The van der Waals surface area contributed by atoms with Crippen LogP contribution in [0.1, 0.15) is 0 Å². The summed E-state index contributed by atoms with van der Waals surface area (Å²) >= 11 is 0. The molecule has 0 aliphatic carbocycles. The summed E-state index contributed by atoms with van der Waals surface area (Å²) in [5.74, 6) is 0.916. The number of ether oxygens (including phenoxy) is 1. The molecule has 0 spiro atoms. The van der Waals surface area contributed by atoms with Crippen molar-refractivity contribution in [2.24, 2.45) is 7.05 Å². The van der Waals surface area contributed by atoms with Crippen LogP contribution in [0.25, 0.3) is 16.9 Å². The van der Waals surface area contributed by atoms with Gasteiger partial charge in [0.25, 0.3) is 10.0 Å². The van der Waals surface area contributed by atoms with E-state index in [1.165, 1.54) is 36.1 Å². The van der Waals surface area contributed by atoms with Crippen LogP contribution >= 0.6 is 0 Å². The number of aromatic nitrogens is 4. The van der Waals surface area contributed by atoms with Crippen molar-refractivity contribution in [1.29, 1.82) is 0 Å².